The maximum Gasteiger partial charge on any atom is 0.0586 e. The van der Waals surface area contributed by atoms with Crippen molar-refractivity contribution in [2.24, 2.45) is 0 Å². The number of nitrogens with one attached hydrogen (secondary N) is 1. The largest absolute Gasteiger partial charge is 0.379 e. The van der Waals surface area contributed by atoms with E-state index in [0.29, 0.717) is 0 Å². The van der Waals surface area contributed by atoms with E-state index in [0.717, 1.165) is 32.6 Å². The van der Waals surface area contributed by atoms with E-state index in [9.17, 15) is 0 Å². The van der Waals surface area contributed by atoms with Crippen LogP contribution in [0.2, 0.25) is 0 Å². The number of ether oxygens (including phenoxy) is 1. The fraction of sp³-hybridized carbons (Fsp3) is 0.571. The summed E-state index contributed by atoms with van der Waals surface area (Å²) in [7, 11) is 2.01. The van der Waals surface area contributed by atoms with Crippen molar-refractivity contribution in [3.8, 4) is 0 Å². The predicted octanol–water partition coefficient (Wildman–Crippen LogP) is 2.13. The molecule has 1 aliphatic rings. The van der Waals surface area contributed by atoms with Gasteiger partial charge in [0.1, 0.15) is 0 Å². The lowest BCUT2D eigenvalue weighted by Crippen LogP contribution is -2.48. The lowest BCUT2D eigenvalue weighted by molar-refractivity contribution is -0.0638. The monoisotopic (exact) mass is 219 g/mol. The summed E-state index contributed by atoms with van der Waals surface area (Å²) >= 11 is 0. The molecule has 1 aromatic carbocycles. The van der Waals surface area contributed by atoms with Crippen LogP contribution in [0.4, 0.5) is 0 Å². The quantitative estimate of drug-likeness (QED) is 0.819. The zero-order chi connectivity index (χ0) is 11.4. The highest BCUT2D eigenvalue weighted by Gasteiger charge is 2.39. The van der Waals surface area contributed by atoms with Gasteiger partial charge < -0.3 is 10.1 Å². The van der Waals surface area contributed by atoms with Gasteiger partial charge in [0.15, 0.2) is 0 Å². The highest BCUT2D eigenvalue weighted by Crippen LogP contribution is 2.35. The molecule has 0 saturated carbocycles. The van der Waals surface area contributed by atoms with Gasteiger partial charge in [-0.15, -0.1) is 0 Å². The molecule has 0 atom stereocenters. The van der Waals surface area contributed by atoms with Gasteiger partial charge in [0, 0.05) is 5.41 Å². The minimum Gasteiger partial charge on any atom is -0.379 e. The van der Waals surface area contributed by atoms with Gasteiger partial charge in [-0.1, -0.05) is 31.2 Å². The molecule has 1 fully saturated rings. The Bertz CT molecular complexity index is 327. The molecule has 0 amide bonds. The smallest absolute Gasteiger partial charge is 0.0586 e. The molecule has 16 heavy (non-hydrogen) atoms. The first kappa shape index (κ1) is 11.6. The van der Waals surface area contributed by atoms with Crippen LogP contribution >= 0.6 is 0 Å². The summed E-state index contributed by atoms with van der Waals surface area (Å²) < 4.78 is 5.42. The number of benzene rings is 1. The Kier molecular flexibility index (Phi) is 3.62. The minimum absolute atomic E-state index is 0.273. The highest BCUT2D eigenvalue weighted by atomic mass is 16.5. The summed E-state index contributed by atoms with van der Waals surface area (Å²) in [6.07, 6.45) is 2.27. The molecule has 88 valence electrons. The van der Waals surface area contributed by atoms with E-state index in [1.54, 1.807) is 0 Å². The molecular weight excluding hydrogens is 198 g/mol. The zero-order valence-electron chi connectivity index (χ0n) is 10.3. The molecule has 1 aliphatic heterocycles. The first-order chi connectivity index (χ1) is 7.80. The Morgan fingerprint density at radius 1 is 1.25 bits per heavy atom. The van der Waals surface area contributed by atoms with Gasteiger partial charge in [0.25, 0.3) is 0 Å². The molecule has 2 rings (SSSR count). The molecule has 2 nitrogen and oxygen atoms in total. The molecule has 0 spiro atoms. The van der Waals surface area contributed by atoms with Crippen LogP contribution in [0.25, 0.3) is 0 Å². The van der Waals surface area contributed by atoms with E-state index in [-0.39, 0.29) is 5.41 Å². The van der Waals surface area contributed by atoms with Gasteiger partial charge in [-0.2, -0.15) is 0 Å². The van der Waals surface area contributed by atoms with Crippen molar-refractivity contribution < 1.29 is 4.74 Å². The van der Waals surface area contributed by atoms with Crippen molar-refractivity contribution in [3.05, 3.63) is 35.4 Å². The van der Waals surface area contributed by atoms with E-state index in [2.05, 4.69) is 36.5 Å². The van der Waals surface area contributed by atoms with Gasteiger partial charge in [-0.05, 0) is 37.6 Å². The fourth-order valence-corrected chi connectivity index (χ4v) is 2.26. The Balaban J connectivity index is 2.13. The van der Waals surface area contributed by atoms with Crippen LogP contribution < -0.4 is 5.32 Å². The molecule has 1 N–H and O–H groups in total. The standard InChI is InChI=1S/C14H21NO/c1-3-12-4-6-13(7-5-12)14(8-9-15-2)10-16-11-14/h4-7,15H,3,8-11H2,1-2H3. The van der Waals surface area contributed by atoms with Crippen LogP contribution in [0.5, 0.6) is 0 Å². The third-order valence-electron chi connectivity index (χ3n) is 3.58. The van der Waals surface area contributed by atoms with Crippen LogP contribution in [0, 0.1) is 0 Å². The second-order valence-electron chi connectivity index (χ2n) is 4.68. The maximum atomic E-state index is 5.42. The van der Waals surface area contributed by atoms with E-state index in [1.807, 2.05) is 7.05 Å². The van der Waals surface area contributed by atoms with Crippen LogP contribution in [0.15, 0.2) is 24.3 Å². The van der Waals surface area contributed by atoms with E-state index >= 15 is 0 Å². The molecule has 0 aromatic heterocycles. The van der Waals surface area contributed by atoms with Crippen molar-refractivity contribution in [2.45, 2.75) is 25.2 Å². The fourth-order valence-electron chi connectivity index (χ4n) is 2.26. The van der Waals surface area contributed by atoms with E-state index in [4.69, 9.17) is 4.74 Å². The van der Waals surface area contributed by atoms with Crippen LogP contribution in [-0.4, -0.2) is 26.8 Å². The molecule has 1 heterocycles. The minimum atomic E-state index is 0.273. The van der Waals surface area contributed by atoms with Crippen LogP contribution in [-0.2, 0) is 16.6 Å². The SMILES string of the molecule is CCc1ccc(C2(CCNC)COC2)cc1. The number of hydrogen-bond acceptors (Lipinski definition) is 2. The molecule has 0 unspecified atom stereocenters. The Morgan fingerprint density at radius 2 is 1.94 bits per heavy atom. The number of aryl methyl sites for hydroxylation is 1. The lowest BCUT2D eigenvalue weighted by atomic mass is 9.75. The zero-order valence-corrected chi connectivity index (χ0v) is 10.3. The molecule has 0 bridgehead atoms. The summed E-state index contributed by atoms with van der Waals surface area (Å²) in [4.78, 5) is 0. The summed E-state index contributed by atoms with van der Waals surface area (Å²) in [6.45, 7) is 5.00. The van der Waals surface area contributed by atoms with Gasteiger partial charge in [-0.3, -0.25) is 0 Å². The predicted molar refractivity (Wildman–Crippen MR) is 66.9 cm³/mol. The van der Waals surface area contributed by atoms with Gasteiger partial charge >= 0.3 is 0 Å². The van der Waals surface area contributed by atoms with Crippen molar-refractivity contribution in [1.29, 1.82) is 0 Å². The van der Waals surface area contributed by atoms with Gasteiger partial charge in [-0.25, -0.2) is 0 Å². The Morgan fingerprint density at radius 3 is 2.38 bits per heavy atom. The Hall–Kier alpha value is -0.860. The average molecular weight is 219 g/mol. The number of rotatable bonds is 5. The van der Waals surface area contributed by atoms with Gasteiger partial charge in [0.05, 0.1) is 13.2 Å². The summed E-state index contributed by atoms with van der Waals surface area (Å²) in [5.74, 6) is 0. The van der Waals surface area contributed by atoms with Crippen molar-refractivity contribution in [2.75, 3.05) is 26.8 Å². The summed E-state index contributed by atoms with van der Waals surface area (Å²) in [6, 6.07) is 9.04. The molecule has 1 aromatic rings. The maximum absolute atomic E-state index is 5.42. The second kappa shape index (κ2) is 4.98. The normalized spacial score (nSPS) is 18.1. The molecule has 1 saturated heterocycles. The summed E-state index contributed by atoms with van der Waals surface area (Å²) in [5, 5.41) is 3.23. The summed E-state index contributed by atoms with van der Waals surface area (Å²) in [5.41, 5.74) is 3.12. The Labute approximate surface area is 98.0 Å². The van der Waals surface area contributed by atoms with Crippen LogP contribution in [0.3, 0.4) is 0 Å². The second-order valence-corrected chi connectivity index (χ2v) is 4.68. The molecule has 0 radical (unpaired) electrons. The molecule has 2 heteroatoms. The third kappa shape index (κ3) is 2.13. The van der Waals surface area contributed by atoms with E-state index in [1.165, 1.54) is 11.1 Å². The van der Waals surface area contributed by atoms with Crippen LogP contribution in [0.1, 0.15) is 24.5 Å². The number of hydrogen-bond donors (Lipinski definition) is 1. The van der Waals surface area contributed by atoms with Gasteiger partial charge in [0.2, 0.25) is 0 Å². The first-order valence-electron chi connectivity index (χ1n) is 6.12. The van der Waals surface area contributed by atoms with E-state index < -0.39 is 0 Å². The molecular formula is C14H21NO. The topological polar surface area (TPSA) is 21.3 Å². The lowest BCUT2D eigenvalue weighted by Gasteiger charge is -2.42. The highest BCUT2D eigenvalue weighted by molar-refractivity contribution is 5.31. The average Bonchev–Trinajstić information content (AvgIpc) is 2.29. The van der Waals surface area contributed by atoms with Crippen molar-refractivity contribution in [3.63, 3.8) is 0 Å². The van der Waals surface area contributed by atoms with Crippen molar-refractivity contribution >= 4 is 0 Å². The molecule has 0 aliphatic carbocycles. The first-order valence-corrected chi connectivity index (χ1v) is 6.12. The van der Waals surface area contributed by atoms with Crippen molar-refractivity contribution in [1.82, 2.24) is 5.32 Å². The third-order valence-corrected chi connectivity index (χ3v) is 3.58.